The average molecular weight is 232 g/mol. The molecule has 0 fully saturated rings. The Kier molecular flexibility index (Phi) is 3.04. The third kappa shape index (κ3) is 2.66. The predicted octanol–water partition coefficient (Wildman–Crippen LogP) is 0.589. The van der Waals surface area contributed by atoms with Crippen LogP contribution in [0.5, 0.6) is 0 Å². The molecule has 4 N–H and O–H groups in total. The summed E-state index contributed by atoms with van der Waals surface area (Å²) < 4.78 is 30.6. The Balaban J connectivity index is 3.23. The molecule has 0 aromatic heterocycles. The zero-order valence-corrected chi connectivity index (χ0v) is 8.60. The van der Waals surface area contributed by atoms with Gasteiger partial charge in [-0.3, -0.25) is 4.55 Å². The molecule has 0 aliphatic heterocycles. The highest BCUT2D eigenvalue weighted by molar-refractivity contribution is 7.86. The Morgan fingerprint density at radius 2 is 2.00 bits per heavy atom. The average Bonchev–Trinajstić information content (AvgIpc) is 2.01. The van der Waals surface area contributed by atoms with Crippen LogP contribution in [0.1, 0.15) is 0 Å². The number of hydrogen-bond acceptors (Lipinski definition) is 3. The van der Waals surface area contributed by atoms with Crippen LogP contribution in [0.4, 0.5) is 5.69 Å². The lowest BCUT2D eigenvalue weighted by atomic mass is 10.3. The van der Waals surface area contributed by atoms with Crippen molar-refractivity contribution in [3.8, 4) is 0 Å². The highest BCUT2D eigenvalue weighted by atomic mass is 32.2. The van der Waals surface area contributed by atoms with Crippen molar-refractivity contribution in [2.75, 3.05) is 5.32 Å². The second-order valence-corrected chi connectivity index (χ2v) is 4.29. The van der Waals surface area contributed by atoms with Crippen molar-refractivity contribution < 1.29 is 13.0 Å². The summed E-state index contributed by atoms with van der Waals surface area (Å²) in [6.07, 6.45) is 0. The Labute approximate surface area is 86.7 Å². The van der Waals surface area contributed by atoms with Gasteiger partial charge in [-0.1, -0.05) is 12.1 Å². The fourth-order valence-corrected chi connectivity index (χ4v) is 1.69. The minimum Gasteiger partial charge on any atom is -0.376 e. The number of thiocarbonyl (C=S) groups is 1. The molecule has 0 aliphatic carbocycles. The predicted molar refractivity (Wildman–Crippen MR) is 56.7 cm³/mol. The summed E-state index contributed by atoms with van der Waals surface area (Å²) in [5.74, 6) is 0. The van der Waals surface area contributed by atoms with E-state index in [2.05, 4.69) is 17.5 Å². The van der Waals surface area contributed by atoms with Gasteiger partial charge < -0.3 is 11.1 Å². The van der Waals surface area contributed by atoms with Crippen molar-refractivity contribution in [2.24, 2.45) is 5.73 Å². The molecule has 0 radical (unpaired) electrons. The number of anilines is 1. The Hall–Kier alpha value is -1.18. The van der Waals surface area contributed by atoms with E-state index in [1.165, 1.54) is 18.2 Å². The first kappa shape index (κ1) is 10.9. The van der Waals surface area contributed by atoms with Crippen LogP contribution in [0.15, 0.2) is 29.2 Å². The summed E-state index contributed by atoms with van der Waals surface area (Å²) >= 11 is 4.55. The van der Waals surface area contributed by atoms with Gasteiger partial charge in [-0.05, 0) is 24.4 Å². The molecule has 0 heterocycles. The number of nitrogens with one attached hydrogen (secondary N) is 1. The minimum atomic E-state index is -4.26. The third-order valence-electron chi connectivity index (χ3n) is 1.42. The normalized spacial score (nSPS) is 10.9. The number of hydrogen-bond donors (Lipinski definition) is 3. The van der Waals surface area contributed by atoms with E-state index in [9.17, 15) is 8.42 Å². The molecule has 1 aromatic rings. The zero-order chi connectivity index (χ0) is 10.8. The lowest BCUT2D eigenvalue weighted by molar-refractivity contribution is 0.483. The van der Waals surface area contributed by atoms with Gasteiger partial charge in [-0.2, -0.15) is 8.42 Å². The van der Waals surface area contributed by atoms with Gasteiger partial charge in [0, 0.05) is 0 Å². The van der Waals surface area contributed by atoms with Gasteiger partial charge in [0.25, 0.3) is 10.1 Å². The van der Waals surface area contributed by atoms with Crippen LogP contribution in [-0.2, 0) is 10.1 Å². The van der Waals surface area contributed by atoms with Gasteiger partial charge in [0.15, 0.2) is 5.11 Å². The van der Waals surface area contributed by atoms with E-state index in [1.807, 2.05) is 0 Å². The summed E-state index contributed by atoms with van der Waals surface area (Å²) in [4.78, 5) is -0.257. The maximum atomic E-state index is 10.9. The Morgan fingerprint density at radius 3 is 2.50 bits per heavy atom. The molecule has 7 heteroatoms. The van der Waals surface area contributed by atoms with E-state index in [1.54, 1.807) is 6.07 Å². The van der Waals surface area contributed by atoms with Crippen LogP contribution in [-0.4, -0.2) is 18.1 Å². The molecular formula is C7H8N2O3S2. The highest BCUT2D eigenvalue weighted by Crippen LogP contribution is 2.19. The van der Waals surface area contributed by atoms with Gasteiger partial charge in [-0.25, -0.2) is 0 Å². The van der Waals surface area contributed by atoms with Crippen LogP contribution in [0.25, 0.3) is 0 Å². The van der Waals surface area contributed by atoms with Crippen molar-refractivity contribution in [1.82, 2.24) is 0 Å². The second kappa shape index (κ2) is 3.91. The van der Waals surface area contributed by atoms with Gasteiger partial charge in [0.05, 0.1) is 5.69 Å². The quantitative estimate of drug-likeness (QED) is 0.510. The topological polar surface area (TPSA) is 92.4 Å². The van der Waals surface area contributed by atoms with E-state index in [0.29, 0.717) is 0 Å². The molecule has 0 atom stereocenters. The van der Waals surface area contributed by atoms with Crippen molar-refractivity contribution in [1.29, 1.82) is 0 Å². The first-order valence-corrected chi connectivity index (χ1v) is 5.39. The van der Waals surface area contributed by atoms with Crippen LogP contribution in [0, 0.1) is 0 Å². The summed E-state index contributed by atoms with van der Waals surface area (Å²) in [6.45, 7) is 0. The van der Waals surface area contributed by atoms with E-state index in [0.717, 1.165) is 0 Å². The molecule has 0 spiro atoms. The lowest BCUT2D eigenvalue weighted by Crippen LogP contribution is -2.20. The van der Waals surface area contributed by atoms with Gasteiger partial charge in [0.2, 0.25) is 0 Å². The molecule has 76 valence electrons. The molecule has 0 bridgehead atoms. The first-order valence-electron chi connectivity index (χ1n) is 3.54. The van der Waals surface area contributed by atoms with E-state index in [-0.39, 0.29) is 15.7 Å². The molecular weight excluding hydrogens is 224 g/mol. The standard InChI is InChI=1S/C7H8N2O3S2/c8-7(13)9-5-3-1-2-4-6(5)14(10,11)12/h1-4H,(H3,8,9,13)(H,10,11,12). The van der Waals surface area contributed by atoms with Crippen LogP contribution >= 0.6 is 12.2 Å². The molecule has 0 aliphatic rings. The van der Waals surface area contributed by atoms with Crippen molar-refractivity contribution in [2.45, 2.75) is 4.90 Å². The molecule has 1 aromatic carbocycles. The van der Waals surface area contributed by atoms with Gasteiger partial charge >= 0.3 is 0 Å². The molecule has 0 unspecified atom stereocenters. The number of benzene rings is 1. The summed E-state index contributed by atoms with van der Waals surface area (Å²) in [5.41, 5.74) is 5.34. The smallest absolute Gasteiger partial charge is 0.296 e. The third-order valence-corrected chi connectivity index (χ3v) is 2.44. The number of nitrogens with two attached hydrogens (primary N) is 1. The van der Waals surface area contributed by atoms with Gasteiger partial charge in [-0.15, -0.1) is 0 Å². The Bertz CT molecular complexity index is 456. The van der Waals surface area contributed by atoms with E-state index >= 15 is 0 Å². The van der Waals surface area contributed by atoms with E-state index in [4.69, 9.17) is 10.3 Å². The summed E-state index contributed by atoms with van der Waals surface area (Å²) in [6, 6.07) is 5.77. The molecule has 1 rings (SSSR count). The van der Waals surface area contributed by atoms with Crippen molar-refractivity contribution in [3.63, 3.8) is 0 Å². The van der Waals surface area contributed by atoms with Crippen LogP contribution < -0.4 is 11.1 Å². The maximum absolute atomic E-state index is 10.9. The fraction of sp³-hybridized carbons (Fsp3) is 0. The molecule has 5 nitrogen and oxygen atoms in total. The number of para-hydroxylation sites is 1. The SMILES string of the molecule is NC(=S)Nc1ccccc1S(=O)(=O)O. The van der Waals surface area contributed by atoms with Crippen molar-refractivity contribution in [3.05, 3.63) is 24.3 Å². The summed E-state index contributed by atoms with van der Waals surface area (Å²) in [7, 11) is -4.26. The molecule has 14 heavy (non-hydrogen) atoms. The molecule has 0 saturated carbocycles. The monoisotopic (exact) mass is 232 g/mol. The van der Waals surface area contributed by atoms with Crippen LogP contribution in [0.2, 0.25) is 0 Å². The Morgan fingerprint density at radius 1 is 1.43 bits per heavy atom. The lowest BCUT2D eigenvalue weighted by Gasteiger charge is -2.07. The second-order valence-electron chi connectivity index (χ2n) is 2.46. The minimum absolute atomic E-state index is 0.0684. The molecule has 0 amide bonds. The summed E-state index contributed by atoms with van der Waals surface area (Å²) in [5, 5.41) is 2.38. The highest BCUT2D eigenvalue weighted by Gasteiger charge is 2.14. The molecule has 0 saturated heterocycles. The van der Waals surface area contributed by atoms with Crippen molar-refractivity contribution >= 4 is 33.1 Å². The zero-order valence-electron chi connectivity index (χ0n) is 6.97. The largest absolute Gasteiger partial charge is 0.376 e. The fourth-order valence-electron chi connectivity index (χ4n) is 0.928. The van der Waals surface area contributed by atoms with Gasteiger partial charge in [0.1, 0.15) is 4.90 Å². The van der Waals surface area contributed by atoms with E-state index < -0.39 is 10.1 Å². The number of rotatable bonds is 2. The van der Waals surface area contributed by atoms with Crippen LogP contribution in [0.3, 0.4) is 0 Å². The maximum Gasteiger partial charge on any atom is 0.296 e. The first-order chi connectivity index (χ1) is 6.41.